The zero-order chi connectivity index (χ0) is 16.3. The number of nitrogens with one attached hydrogen (secondary N) is 2. The first kappa shape index (κ1) is 20.3. The Balaban J connectivity index is 0.00000288. The Morgan fingerprint density at radius 3 is 2.71 bits per heavy atom. The fourth-order valence-corrected chi connectivity index (χ4v) is 2.12. The van der Waals surface area contributed by atoms with Crippen molar-refractivity contribution in [2.24, 2.45) is 4.99 Å². The molecule has 0 spiro atoms. The summed E-state index contributed by atoms with van der Waals surface area (Å²) in [6, 6.07) is 11.9. The lowest BCUT2D eigenvalue weighted by molar-refractivity contribution is 0.320. The molecule has 0 unspecified atom stereocenters. The van der Waals surface area contributed by atoms with E-state index in [0.717, 1.165) is 36.0 Å². The zero-order valence-corrected chi connectivity index (χ0v) is 16.6. The molecule has 0 radical (unpaired) electrons. The van der Waals surface area contributed by atoms with Crippen molar-refractivity contribution in [2.75, 3.05) is 26.2 Å². The average molecular weight is 443 g/mol. The molecule has 5 nitrogen and oxygen atoms in total. The van der Waals surface area contributed by atoms with Crippen molar-refractivity contribution < 1.29 is 9.15 Å². The molecule has 0 aliphatic rings. The molecule has 24 heavy (non-hydrogen) atoms. The van der Waals surface area contributed by atoms with E-state index >= 15 is 0 Å². The molecular formula is C18H26IN3O2. The number of furan rings is 1. The lowest BCUT2D eigenvalue weighted by Crippen LogP contribution is -2.39. The molecule has 2 aromatic rings. The smallest absolute Gasteiger partial charge is 0.191 e. The van der Waals surface area contributed by atoms with Crippen LogP contribution in [0.2, 0.25) is 0 Å². The van der Waals surface area contributed by atoms with Crippen LogP contribution in [0.25, 0.3) is 0 Å². The second-order valence-electron chi connectivity index (χ2n) is 5.13. The monoisotopic (exact) mass is 443 g/mol. The fraction of sp³-hybridized carbons (Fsp3) is 0.389. The van der Waals surface area contributed by atoms with Gasteiger partial charge in [0.25, 0.3) is 0 Å². The second kappa shape index (κ2) is 11.8. The number of nitrogens with zero attached hydrogens (tertiary/aromatic N) is 1. The predicted molar refractivity (Wildman–Crippen MR) is 108 cm³/mol. The molecule has 0 fully saturated rings. The summed E-state index contributed by atoms with van der Waals surface area (Å²) in [5.41, 5.74) is 1.14. The van der Waals surface area contributed by atoms with Crippen LogP contribution in [0.1, 0.15) is 18.2 Å². The van der Waals surface area contributed by atoms with Gasteiger partial charge in [0.15, 0.2) is 5.96 Å². The summed E-state index contributed by atoms with van der Waals surface area (Å²) in [5.74, 6) is 2.67. The number of aryl methyl sites for hydroxylation is 1. The number of aliphatic imine (C=N–C) groups is 1. The molecule has 2 rings (SSSR count). The van der Waals surface area contributed by atoms with E-state index in [0.29, 0.717) is 19.7 Å². The van der Waals surface area contributed by atoms with Crippen LogP contribution in [0.3, 0.4) is 0 Å². The van der Waals surface area contributed by atoms with Crippen molar-refractivity contribution >= 4 is 29.9 Å². The van der Waals surface area contributed by atoms with Gasteiger partial charge in [-0.3, -0.25) is 4.99 Å². The first-order valence-electron chi connectivity index (χ1n) is 8.02. The lowest BCUT2D eigenvalue weighted by atomic mass is 10.2. The van der Waals surface area contributed by atoms with Crippen molar-refractivity contribution in [3.8, 4) is 5.75 Å². The molecule has 1 aromatic carbocycles. The summed E-state index contributed by atoms with van der Waals surface area (Å²) in [6.07, 6.45) is 2.48. The van der Waals surface area contributed by atoms with Crippen LogP contribution in [-0.2, 0) is 6.42 Å². The number of benzene rings is 1. The average Bonchev–Trinajstić information content (AvgIpc) is 3.06. The number of rotatable bonds is 8. The van der Waals surface area contributed by atoms with Crippen molar-refractivity contribution in [1.82, 2.24) is 10.6 Å². The highest BCUT2D eigenvalue weighted by atomic mass is 127. The lowest BCUT2D eigenvalue weighted by Gasteiger charge is -2.12. The van der Waals surface area contributed by atoms with Gasteiger partial charge in [0.05, 0.1) is 12.8 Å². The van der Waals surface area contributed by atoms with E-state index < -0.39 is 0 Å². The van der Waals surface area contributed by atoms with E-state index in [9.17, 15) is 0 Å². The third kappa shape index (κ3) is 7.25. The van der Waals surface area contributed by atoms with Crippen molar-refractivity contribution in [3.05, 3.63) is 54.0 Å². The van der Waals surface area contributed by atoms with E-state index in [1.165, 1.54) is 0 Å². The third-order valence-electron chi connectivity index (χ3n) is 3.30. The largest absolute Gasteiger partial charge is 0.491 e. The highest BCUT2D eigenvalue weighted by Crippen LogP contribution is 2.15. The number of ether oxygens (including phenoxy) is 1. The Kier molecular flexibility index (Phi) is 9.98. The van der Waals surface area contributed by atoms with Gasteiger partial charge in [0.2, 0.25) is 0 Å². The van der Waals surface area contributed by atoms with Gasteiger partial charge in [-0.1, -0.05) is 18.2 Å². The highest BCUT2D eigenvalue weighted by molar-refractivity contribution is 14.0. The standard InChI is InChI=1S/C18H25N3O2.HI/c1-3-19-18(20-11-10-16-8-6-13-22-16)21-12-14-23-17-9-5-4-7-15(17)2;/h4-9,13H,3,10-12,14H2,1-2H3,(H2,19,20,21);1H. The van der Waals surface area contributed by atoms with E-state index in [1.54, 1.807) is 6.26 Å². The maximum atomic E-state index is 5.77. The van der Waals surface area contributed by atoms with Crippen LogP contribution >= 0.6 is 24.0 Å². The maximum absolute atomic E-state index is 5.77. The van der Waals surface area contributed by atoms with E-state index in [1.807, 2.05) is 50.2 Å². The predicted octanol–water partition coefficient (Wildman–Crippen LogP) is 3.38. The number of hydrogen-bond donors (Lipinski definition) is 2. The minimum absolute atomic E-state index is 0. The minimum Gasteiger partial charge on any atom is -0.491 e. The van der Waals surface area contributed by atoms with E-state index in [-0.39, 0.29) is 24.0 Å². The van der Waals surface area contributed by atoms with Crippen LogP contribution in [-0.4, -0.2) is 32.2 Å². The summed E-state index contributed by atoms with van der Waals surface area (Å²) in [5, 5.41) is 6.50. The molecule has 0 amide bonds. The molecule has 2 N–H and O–H groups in total. The molecule has 6 heteroatoms. The Morgan fingerprint density at radius 1 is 1.17 bits per heavy atom. The van der Waals surface area contributed by atoms with Gasteiger partial charge in [0.1, 0.15) is 18.1 Å². The summed E-state index contributed by atoms with van der Waals surface area (Å²) < 4.78 is 11.1. The SMILES string of the molecule is CCNC(=NCCc1ccco1)NCCOc1ccccc1C.I. The first-order chi connectivity index (χ1) is 11.3. The van der Waals surface area contributed by atoms with Crippen LogP contribution in [0, 0.1) is 6.92 Å². The summed E-state index contributed by atoms with van der Waals surface area (Å²) in [6.45, 7) is 6.89. The topological polar surface area (TPSA) is 58.8 Å². The molecule has 0 saturated carbocycles. The van der Waals surface area contributed by atoms with Crippen LogP contribution in [0.4, 0.5) is 0 Å². The number of para-hydroxylation sites is 1. The van der Waals surface area contributed by atoms with Crippen LogP contribution in [0.15, 0.2) is 52.1 Å². The Labute approximate surface area is 160 Å². The Hall–Kier alpha value is -1.70. The van der Waals surface area contributed by atoms with Gasteiger partial charge in [0, 0.05) is 19.5 Å². The number of guanidine groups is 1. The third-order valence-corrected chi connectivity index (χ3v) is 3.30. The van der Waals surface area contributed by atoms with Gasteiger partial charge in [-0.15, -0.1) is 24.0 Å². The van der Waals surface area contributed by atoms with Gasteiger partial charge in [-0.05, 0) is 37.6 Å². The molecule has 1 heterocycles. The molecule has 0 atom stereocenters. The molecule has 132 valence electrons. The maximum Gasteiger partial charge on any atom is 0.191 e. The van der Waals surface area contributed by atoms with Crippen molar-refractivity contribution in [3.63, 3.8) is 0 Å². The van der Waals surface area contributed by atoms with Crippen molar-refractivity contribution in [2.45, 2.75) is 20.3 Å². The summed E-state index contributed by atoms with van der Waals surface area (Å²) in [4.78, 5) is 4.53. The molecule has 0 aliphatic heterocycles. The summed E-state index contributed by atoms with van der Waals surface area (Å²) >= 11 is 0. The minimum atomic E-state index is 0. The summed E-state index contributed by atoms with van der Waals surface area (Å²) in [7, 11) is 0. The Bertz CT molecular complexity index is 600. The fourth-order valence-electron chi connectivity index (χ4n) is 2.12. The Morgan fingerprint density at radius 2 is 2.00 bits per heavy atom. The van der Waals surface area contributed by atoms with Gasteiger partial charge >= 0.3 is 0 Å². The normalized spacial score (nSPS) is 10.8. The molecule has 0 aliphatic carbocycles. The van der Waals surface area contributed by atoms with Crippen LogP contribution < -0.4 is 15.4 Å². The number of halogens is 1. The van der Waals surface area contributed by atoms with E-state index in [2.05, 4.69) is 15.6 Å². The first-order valence-corrected chi connectivity index (χ1v) is 8.02. The molecule has 1 aromatic heterocycles. The zero-order valence-electron chi connectivity index (χ0n) is 14.2. The molecule has 0 saturated heterocycles. The number of hydrogen-bond acceptors (Lipinski definition) is 3. The molecule has 0 bridgehead atoms. The van der Waals surface area contributed by atoms with Gasteiger partial charge < -0.3 is 19.8 Å². The molecular weight excluding hydrogens is 417 g/mol. The van der Waals surface area contributed by atoms with E-state index in [4.69, 9.17) is 9.15 Å². The second-order valence-corrected chi connectivity index (χ2v) is 5.13. The van der Waals surface area contributed by atoms with Crippen molar-refractivity contribution in [1.29, 1.82) is 0 Å². The highest BCUT2D eigenvalue weighted by Gasteiger charge is 2.00. The van der Waals surface area contributed by atoms with Crippen LogP contribution in [0.5, 0.6) is 5.75 Å². The van der Waals surface area contributed by atoms with Gasteiger partial charge in [-0.25, -0.2) is 0 Å². The van der Waals surface area contributed by atoms with Gasteiger partial charge in [-0.2, -0.15) is 0 Å². The quantitative estimate of drug-likeness (QED) is 0.284.